The van der Waals surface area contributed by atoms with E-state index < -0.39 is 12.5 Å². The Morgan fingerprint density at radius 1 is 0.971 bits per heavy atom. The molecule has 1 aromatic heterocycles. The van der Waals surface area contributed by atoms with E-state index in [-0.39, 0.29) is 29.5 Å². The smallest absolute Gasteiger partial charge is 0.387 e. The lowest BCUT2D eigenvalue weighted by Crippen LogP contribution is -2.29. The summed E-state index contributed by atoms with van der Waals surface area (Å²) in [7, 11) is 2.92. The minimum atomic E-state index is -3.10. The molecule has 0 saturated heterocycles. The van der Waals surface area contributed by atoms with Crippen molar-refractivity contribution in [2.45, 2.75) is 12.5 Å². The first-order chi connectivity index (χ1) is 16.5. The Labute approximate surface area is 195 Å². The third-order valence-corrected chi connectivity index (χ3v) is 5.63. The third-order valence-electron chi connectivity index (χ3n) is 5.63. The van der Waals surface area contributed by atoms with Crippen LogP contribution in [0, 0.1) is 0 Å². The van der Waals surface area contributed by atoms with Crippen LogP contribution in [0.4, 0.5) is 8.78 Å². The van der Waals surface area contributed by atoms with Crippen molar-refractivity contribution in [3.8, 4) is 17.2 Å². The van der Waals surface area contributed by atoms with Gasteiger partial charge in [0.15, 0.2) is 11.5 Å². The fourth-order valence-corrected chi connectivity index (χ4v) is 3.98. The van der Waals surface area contributed by atoms with E-state index in [2.05, 4.69) is 15.0 Å². The molecule has 1 amide bonds. The minimum absolute atomic E-state index is 0.0351. The number of hydrogen-bond donors (Lipinski definition) is 2. The lowest BCUT2D eigenvalue weighted by molar-refractivity contribution is -0.0515. The molecule has 1 atom stereocenters. The van der Waals surface area contributed by atoms with Gasteiger partial charge in [0.2, 0.25) is 0 Å². The second-order valence-corrected chi connectivity index (χ2v) is 7.54. The van der Waals surface area contributed by atoms with E-state index in [1.165, 1.54) is 19.2 Å². The SMILES string of the molecule is COc1ccc(C(CNC(=O)c2cccc(OC)c2OC(F)F)c2c[nH]c3ccccc23)cc1. The van der Waals surface area contributed by atoms with E-state index in [1.54, 1.807) is 13.2 Å². The molecular formula is C26H24F2N2O4. The Morgan fingerprint density at radius 3 is 2.44 bits per heavy atom. The van der Waals surface area contributed by atoms with Gasteiger partial charge in [-0.1, -0.05) is 36.4 Å². The summed E-state index contributed by atoms with van der Waals surface area (Å²) in [6.45, 7) is -2.88. The molecule has 4 aromatic rings. The number of carbonyl (C=O) groups is 1. The number of benzene rings is 3. The fraction of sp³-hybridized carbons (Fsp3) is 0.192. The molecule has 0 aliphatic carbocycles. The van der Waals surface area contributed by atoms with Crippen molar-refractivity contribution in [1.82, 2.24) is 10.3 Å². The van der Waals surface area contributed by atoms with Gasteiger partial charge in [0.1, 0.15) is 5.75 Å². The molecular weight excluding hydrogens is 442 g/mol. The van der Waals surface area contributed by atoms with E-state index in [9.17, 15) is 13.6 Å². The Balaban J connectivity index is 1.66. The van der Waals surface area contributed by atoms with Crippen LogP contribution >= 0.6 is 0 Å². The van der Waals surface area contributed by atoms with E-state index in [4.69, 9.17) is 9.47 Å². The zero-order valence-corrected chi connectivity index (χ0v) is 18.7. The normalized spacial score (nSPS) is 11.9. The number of methoxy groups -OCH3 is 2. The lowest BCUT2D eigenvalue weighted by atomic mass is 9.90. The number of fused-ring (bicyclic) bond motifs is 1. The van der Waals surface area contributed by atoms with E-state index in [1.807, 2.05) is 54.7 Å². The van der Waals surface area contributed by atoms with Crippen molar-refractivity contribution < 1.29 is 27.8 Å². The number of hydrogen-bond acceptors (Lipinski definition) is 4. The van der Waals surface area contributed by atoms with Gasteiger partial charge >= 0.3 is 6.61 Å². The number of alkyl halides is 2. The van der Waals surface area contributed by atoms with Gasteiger partial charge in [-0.3, -0.25) is 4.79 Å². The maximum atomic E-state index is 13.1. The first-order valence-electron chi connectivity index (χ1n) is 10.6. The summed E-state index contributed by atoms with van der Waals surface area (Å²) < 4.78 is 41.0. The van der Waals surface area contributed by atoms with Crippen molar-refractivity contribution >= 4 is 16.8 Å². The van der Waals surface area contributed by atoms with E-state index in [0.29, 0.717) is 0 Å². The number of rotatable bonds is 9. The van der Waals surface area contributed by atoms with E-state index in [0.717, 1.165) is 27.8 Å². The molecule has 0 saturated carbocycles. The van der Waals surface area contributed by atoms with Crippen LogP contribution in [0.25, 0.3) is 10.9 Å². The number of H-pyrrole nitrogens is 1. The first kappa shape index (κ1) is 23.1. The summed E-state index contributed by atoms with van der Waals surface area (Å²) in [4.78, 5) is 16.3. The number of para-hydroxylation sites is 2. The van der Waals surface area contributed by atoms with Gasteiger partial charge in [-0.15, -0.1) is 0 Å². The number of carbonyl (C=O) groups excluding carboxylic acids is 1. The maximum Gasteiger partial charge on any atom is 0.387 e. The molecule has 8 heteroatoms. The molecule has 0 aliphatic heterocycles. The van der Waals surface area contributed by atoms with Gasteiger partial charge < -0.3 is 24.5 Å². The number of halogens is 2. The van der Waals surface area contributed by atoms with Gasteiger partial charge in [-0.05, 0) is 41.5 Å². The molecule has 4 rings (SSSR count). The average Bonchev–Trinajstić information content (AvgIpc) is 3.28. The average molecular weight is 466 g/mol. The Hall–Kier alpha value is -4.07. The fourth-order valence-electron chi connectivity index (χ4n) is 3.98. The highest BCUT2D eigenvalue weighted by Gasteiger charge is 2.23. The van der Waals surface area contributed by atoms with Crippen molar-refractivity contribution in [3.63, 3.8) is 0 Å². The highest BCUT2D eigenvalue weighted by Crippen LogP contribution is 2.34. The van der Waals surface area contributed by atoms with Crippen molar-refractivity contribution in [2.24, 2.45) is 0 Å². The van der Waals surface area contributed by atoms with Crippen LogP contribution in [0.1, 0.15) is 27.4 Å². The molecule has 176 valence electrons. The van der Waals surface area contributed by atoms with Gasteiger partial charge in [-0.25, -0.2) is 0 Å². The van der Waals surface area contributed by atoms with Crippen molar-refractivity contribution in [3.05, 3.63) is 89.6 Å². The summed E-state index contributed by atoms with van der Waals surface area (Å²) in [6, 6.07) is 19.9. The maximum absolute atomic E-state index is 13.1. The molecule has 0 spiro atoms. The van der Waals surface area contributed by atoms with Crippen molar-refractivity contribution in [2.75, 3.05) is 20.8 Å². The second-order valence-electron chi connectivity index (χ2n) is 7.54. The highest BCUT2D eigenvalue weighted by molar-refractivity contribution is 5.98. The standard InChI is InChI=1S/C26H24F2N2O4/c1-32-17-12-10-16(11-13-17)20(21-15-29-22-8-4-3-6-18(21)22)14-30-25(31)19-7-5-9-23(33-2)24(19)34-26(27)28/h3-13,15,20,26,29H,14H2,1-2H3,(H,30,31). The number of aromatic nitrogens is 1. The molecule has 0 fully saturated rings. The predicted octanol–water partition coefficient (Wildman–Crippen LogP) is 5.35. The van der Waals surface area contributed by atoms with Crippen LogP contribution < -0.4 is 19.5 Å². The molecule has 0 bridgehead atoms. The molecule has 34 heavy (non-hydrogen) atoms. The summed E-state index contributed by atoms with van der Waals surface area (Å²) >= 11 is 0. The minimum Gasteiger partial charge on any atom is -0.497 e. The number of nitrogens with one attached hydrogen (secondary N) is 2. The Bertz CT molecular complexity index is 1270. The summed E-state index contributed by atoms with van der Waals surface area (Å²) in [5.41, 5.74) is 2.89. The van der Waals surface area contributed by atoms with Gasteiger partial charge in [-0.2, -0.15) is 8.78 Å². The zero-order valence-electron chi connectivity index (χ0n) is 18.7. The number of ether oxygens (including phenoxy) is 3. The monoisotopic (exact) mass is 466 g/mol. The Kier molecular flexibility index (Phi) is 6.96. The molecule has 1 heterocycles. The summed E-state index contributed by atoms with van der Waals surface area (Å²) in [5, 5.41) is 3.91. The number of aromatic amines is 1. The van der Waals surface area contributed by atoms with Crippen LogP contribution in [-0.2, 0) is 0 Å². The van der Waals surface area contributed by atoms with Gasteiger partial charge in [0.05, 0.1) is 19.8 Å². The van der Waals surface area contributed by atoms with Crippen LogP contribution in [0.3, 0.4) is 0 Å². The molecule has 6 nitrogen and oxygen atoms in total. The van der Waals surface area contributed by atoms with Crippen LogP contribution in [0.15, 0.2) is 72.9 Å². The largest absolute Gasteiger partial charge is 0.497 e. The quantitative estimate of drug-likeness (QED) is 0.349. The summed E-state index contributed by atoms with van der Waals surface area (Å²) in [5.74, 6) is -0.290. The molecule has 2 N–H and O–H groups in total. The first-order valence-corrected chi connectivity index (χ1v) is 10.6. The molecule has 0 radical (unpaired) electrons. The molecule has 0 aliphatic rings. The van der Waals surface area contributed by atoms with Gasteiger partial charge in [0.25, 0.3) is 5.91 Å². The number of amides is 1. The van der Waals surface area contributed by atoms with Crippen molar-refractivity contribution in [1.29, 1.82) is 0 Å². The predicted molar refractivity (Wildman–Crippen MR) is 125 cm³/mol. The zero-order chi connectivity index (χ0) is 24.1. The van der Waals surface area contributed by atoms with Gasteiger partial charge in [0, 0.05) is 29.6 Å². The highest BCUT2D eigenvalue weighted by atomic mass is 19.3. The van der Waals surface area contributed by atoms with E-state index >= 15 is 0 Å². The van der Waals surface area contributed by atoms with Crippen LogP contribution in [0.5, 0.6) is 17.2 Å². The topological polar surface area (TPSA) is 72.6 Å². The second kappa shape index (κ2) is 10.2. The summed E-state index contributed by atoms with van der Waals surface area (Å²) in [6.07, 6.45) is 1.92. The molecule has 1 unspecified atom stereocenters. The Morgan fingerprint density at radius 2 is 1.74 bits per heavy atom. The molecule has 3 aromatic carbocycles. The van der Waals surface area contributed by atoms with Crippen LogP contribution in [-0.4, -0.2) is 38.3 Å². The lowest BCUT2D eigenvalue weighted by Gasteiger charge is -2.20. The third kappa shape index (κ3) is 4.80. The van der Waals surface area contributed by atoms with Crippen LogP contribution in [0.2, 0.25) is 0 Å².